The SMILES string of the molecule is Nc1cncc(-c2ccccc2C(F)(F)F)c1. The van der Waals surface area contributed by atoms with Crippen LogP contribution in [0.3, 0.4) is 0 Å². The van der Waals surface area contributed by atoms with E-state index in [1.54, 1.807) is 6.07 Å². The molecule has 0 spiro atoms. The quantitative estimate of drug-likeness (QED) is 0.827. The Kier molecular flexibility index (Phi) is 2.75. The summed E-state index contributed by atoms with van der Waals surface area (Å²) in [5.41, 5.74) is 5.60. The number of pyridine rings is 1. The smallest absolute Gasteiger partial charge is 0.397 e. The lowest BCUT2D eigenvalue weighted by molar-refractivity contribution is -0.137. The molecule has 0 aliphatic rings. The summed E-state index contributed by atoms with van der Waals surface area (Å²) in [5, 5.41) is 0. The van der Waals surface area contributed by atoms with Gasteiger partial charge in [0.15, 0.2) is 0 Å². The van der Waals surface area contributed by atoms with Gasteiger partial charge in [-0.3, -0.25) is 4.98 Å². The van der Waals surface area contributed by atoms with E-state index in [4.69, 9.17) is 5.73 Å². The molecule has 0 aliphatic heterocycles. The van der Waals surface area contributed by atoms with Crippen LogP contribution in [-0.2, 0) is 6.18 Å². The number of nitrogens with two attached hydrogens (primary N) is 1. The van der Waals surface area contributed by atoms with Crippen molar-refractivity contribution in [2.45, 2.75) is 6.18 Å². The maximum absolute atomic E-state index is 12.8. The van der Waals surface area contributed by atoms with Crippen molar-refractivity contribution in [3.05, 3.63) is 48.3 Å². The van der Waals surface area contributed by atoms with E-state index >= 15 is 0 Å². The Bertz CT molecular complexity index is 535. The van der Waals surface area contributed by atoms with Crippen LogP contribution in [0.4, 0.5) is 18.9 Å². The van der Waals surface area contributed by atoms with Crippen LogP contribution in [0.1, 0.15) is 5.56 Å². The number of nitrogen functional groups attached to an aromatic ring is 1. The van der Waals surface area contributed by atoms with Gasteiger partial charge in [0.05, 0.1) is 11.3 Å². The van der Waals surface area contributed by atoms with Crippen molar-refractivity contribution in [1.29, 1.82) is 0 Å². The zero-order chi connectivity index (χ0) is 12.5. The number of aromatic nitrogens is 1. The summed E-state index contributed by atoms with van der Waals surface area (Å²) < 4.78 is 38.3. The van der Waals surface area contributed by atoms with Gasteiger partial charge >= 0.3 is 6.18 Å². The zero-order valence-corrected chi connectivity index (χ0v) is 8.70. The minimum absolute atomic E-state index is 0.0831. The van der Waals surface area contributed by atoms with E-state index in [0.29, 0.717) is 11.3 Å². The molecular weight excluding hydrogens is 229 g/mol. The fraction of sp³-hybridized carbons (Fsp3) is 0.0833. The summed E-state index contributed by atoms with van der Waals surface area (Å²) in [5.74, 6) is 0. The average Bonchev–Trinajstić information content (AvgIpc) is 2.28. The van der Waals surface area contributed by atoms with E-state index < -0.39 is 11.7 Å². The first-order chi connectivity index (χ1) is 7.98. The van der Waals surface area contributed by atoms with Crippen LogP contribution in [0, 0.1) is 0 Å². The minimum Gasteiger partial charge on any atom is -0.397 e. The number of anilines is 1. The van der Waals surface area contributed by atoms with Crippen molar-refractivity contribution in [2.75, 3.05) is 5.73 Å². The summed E-state index contributed by atoms with van der Waals surface area (Å²) >= 11 is 0. The third-order valence-corrected chi connectivity index (χ3v) is 2.30. The van der Waals surface area contributed by atoms with Gasteiger partial charge < -0.3 is 5.73 Å². The van der Waals surface area contributed by atoms with Crippen molar-refractivity contribution in [3.63, 3.8) is 0 Å². The third-order valence-electron chi connectivity index (χ3n) is 2.30. The molecule has 0 bridgehead atoms. The summed E-state index contributed by atoms with van der Waals surface area (Å²) in [6.45, 7) is 0. The first-order valence-electron chi connectivity index (χ1n) is 4.85. The van der Waals surface area contributed by atoms with Crippen LogP contribution in [0.15, 0.2) is 42.7 Å². The number of halogens is 3. The van der Waals surface area contributed by atoms with E-state index in [1.165, 1.54) is 30.6 Å². The first-order valence-corrected chi connectivity index (χ1v) is 4.85. The molecule has 0 saturated carbocycles. The Balaban J connectivity index is 2.60. The number of hydrogen-bond acceptors (Lipinski definition) is 2. The van der Waals surface area contributed by atoms with Gasteiger partial charge in [-0.2, -0.15) is 13.2 Å². The molecule has 1 heterocycles. The van der Waals surface area contributed by atoms with E-state index in [1.807, 2.05) is 0 Å². The molecule has 1 aromatic carbocycles. The lowest BCUT2D eigenvalue weighted by Crippen LogP contribution is -2.07. The van der Waals surface area contributed by atoms with Crippen LogP contribution in [0.25, 0.3) is 11.1 Å². The summed E-state index contributed by atoms with van der Waals surface area (Å²) in [7, 11) is 0. The molecule has 0 saturated heterocycles. The van der Waals surface area contributed by atoms with Crippen LogP contribution >= 0.6 is 0 Å². The van der Waals surface area contributed by atoms with Crippen LogP contribution in [0.5, 0.6) is 0 Å². The highest BCUT2D eigenvalue weighted by atomic mass is 19.4. The van der Waals surface area contributed by atoms with Crippen molar-refractivity contribution in [3.8, 4) is 11.1 Å². The zero-order valence-electron chi connectivity index (χ0n) is 8.70. The molecule has 17 heavy (non-hydrogen) atoms. The van der Waals surface area contributed by atoms with E-state index in [-0.39, 0.29) is 5.56 Å². The molecule has 2 aromatic rings. The second-order valence-corrected chi connectivity index (χ2v) is 3.55. The number of alkyl halides is 3. The lowest BCUT2D eigenvalue weighted by atomic mass is 10.0. The van der Waals surface area contributed by atoms with Crippen LogP contribution in [0.2, 0.25) is 0 Å². The van der Waals surface area contributed by atoms with Gasteiger partial charge in [0, 0.05) is 18.0 Å². The Morgan fingerprint density at radius 2 is 1.76 bits per heavy atom. The van der Waals surface area contributed by atoms with Crippen LogP contribution < -0.4 is 5.73 Å². The number of rotatable bonds is 1. The molecule has 5 heteroatoms. The second-order valence-electron chi connectivity index (χ2n) is 3.55. The molecule has 0 unspecified atom stereocenters. The monoisotopic (exact) mass is 238 g/mol. The summed E-state index contributed by atoms with van der Waals surface area (Å²) in [4.78, 5) is 3.79. The second kappa shape index (κ2) is 4.08. The normalized spacial score (nSPS) is 11.5. The Morgan fingerprint density at radius 3 is 2.41 bits per heavy atom. The predicted molar refractivity (Wildman–Crippen MR) is 59.1 cm³/mol. The fourth-order valence-electron chi connectivity index (χ4n) is 1.59. The fourth-order valence-corrected chi connectivity index (χ4v) is 1.59. The van der Waals surface area contributed by atoms with E-state index in [0.717, 1.165) is 6.07 Å². The largest absolute Gasteiger partial charge is 0.417 e. The van der Waals surface area contributed by atoms with Gasteiger partial charge in [0.25, 0.3) is 0 Å². The van der Waals surface area contributed by atoms with E-state index in [9.17, 15) is 13.2 Å². The molecule has 88 valence electrons. The van der Waals surface area contributed by atoms with Gasteiger partial charge in [-0.15, -0.1) is 0 Å². The molecule has 1 aromatic heterocycles. The highest BCUT2D eigenvalue weighted by Gasteiger charge is 2.33. The average molecular weight is 238 g/mol. The molecule has 0 fully saturated rings. The molecule has 0 atom stereocenters. The van der Waals surface area contributed by atoms with Gasteiger partial charge in [-0.05, 0) is 17.7 Å². The minimum atomic E-state index is -4.39. The first kappa shape index (κ1) is 11.4. The van der Waals surface area contributed by atoms with Crippen molar-refractivity contribution in [2.24, 2.45) is 0 Å². The van der Waals surface area contributed by atoms with Gasteiger partial charge in [-0.25, -0.2) is 0 Å². The molecular formula is C12H9F3N2. The molecule has 0 amide bonds. The van der Waals surface area contributed by atoms with Gasteiger partial charge in [0.1, 0.15) is 0 Å². The standard InChI is InChI=1S/C12H9F3N2/c13-12(14,15)11-4-2-1-3-10(11)8-5-9(16)7-17-6-8/h1-7H,16H2. The van der Waals surface area contributed by atoms with Crippen molar-refractivity contribution < 1.29 is 13.2 Å². The third kappa shape index (κ3) is 2.38. The predicted octanol–water partition coefficient (Wildman–Crippen LogP) is 3.35. The maximum atomic E-state index is 12.8. The number of benzene rings is 1. The summed E-state index contributed by atoms with van der Waals surface area (Å²) in [6, 6.07) is 6.81. The Hall–Kier alpha value is -2.04. The maximum Gasteiger partial charge on any atom is 0.417 e. The number of nitrogens with zero attached hydrogens (tertiary/aromatic N) is 1. The van der Waals surface area contributed by atoms with E-state index in [2.05, 4.69) is 4.98 Å². The lowest BCUT2D eigenvalue weighted by Gasteiger charge is -2.12. The van der Waals surface area contributed by atoms with Crippen molar-refractivity contribution >= 4 is 5.69 Å². The molecule has 2 N–H and O–H groups in total. The summed E-state index contributed by atoms with van der Waals surface area (Å²) in [6.07, 6.45) is -1.64. The number of hydrogen-bond donors (Lipinski definition) is 1. The highest BCUT2D eigenvalue weighted by Crippen LogP contribution is 2.36. The molecule has 2 nitrogen and oxygen atoms in total. The molecule has 2 rings (SSSR count). The Labute approximate surface area is 95.9 Å². The topological polar surface area (TPSA) is 38.9 Å². The molecule has 0 aliphatic carbocycles. The molecule has 0 radical (unpaired) electrons. The Morgan fingerprint density at radius 1 is 1.06 bits per heavy atom. The van der Waals surface area contributed by atoms with Crippen molar-refractivity contribution in [1.82, 2.24) is 4.98 Å². The highest BCUT2D eigenvalue weighted by molar-refractivity contribution is 5.69. The van der Waals surface area contributed by atoms with Gasteiger partial charge in [-0.1, -0.05) is 18.2 Å². The van der Waals surface area contributed by atoms with Crippen LogP contribution in [-0.4, -0.2) is 4.98 Å². The van der Waals surface area contributed by atoms with Gasteiger partial charge in [0.2, 0.25) is 0 Å².